The van der Waals surface area contributed by atoms with Crippen LogP contribution in [-0.4, -0.2) is 74.9 Å². The van der Waals surface area contributed by atoms with Crippen molar-refractivity contribution in [3.05, 3.63) is 231 Å². The third-order valence-electron chi connectivity index (χ3n) is 14.2. The van der Waals surface area contributed by atoms with Crippen LogP contribution in [0.5, 0.6) is 0 Å². The molecule has 0 amide bonds. The molecule has 2 atom stereocenters. The Hall–Kier alpha value is -5.93. The Bertz CT molecular complexity index is 2440. The van der Waals surface area contributed by atoms with E-state index in [0.29, 0.717) is 23.9 Å². The Morgan fingerprint density at radius 1 is 0.330 bits per heavy atom. The molecular formula is C84H131NO8P+. The third kappa shape index (κ3) is 75.1. The molecule has 524 valence electrons. The number of phosphoric acid groups is 1. The van der Waals surface area contributed by atoms with Gasteiger partial charge in [0, 0.05) is 12.8 Å². The Balaban J connectivity index is 4.21. The van der Waals surface area contributed by atoms with Gasteiger partial charge < -0.3 is 18.9 Å². The van der Waals surface area contributed by atoms with E-state index in [2.05, 4.69) is 245 Å². The molecule has 1 N–H and O–H groups in total. The lowest BCUT2D eigenvalue weighted by atomic mass is 10.0. The number of esters is 2. The van der Waals surface area contributed by atoms with Gasteiger partial charge in [0.1, 0.15) is 19.8 Å². The maximum atomic E-state index is 12.9. The molecule has 2 unspecified atom stereocenters. The van der Waals surface area contributed by atoms with E-state index < -0.39 is 32.5 Å². The molecule has 10 heteroatoms. The number of quaternary nitrogens is 1. The Morgan fingerprint density at radius 2 is 0.585 bits per heavy atom. The minimum atomic E-state index is -4.43. The van der Waals surface area contributed by atoms with Crippen molar-refractivity contribution < 1.29 is 42.1 Å². The van der Waals surface area contributed by atoms with E-state index in [1.807, 2.05) is 21.1 Å². The first-order valence-corrected chi connectivity index (χ1v) is 37.6. The van der Waals surface area contributed by atoms with Gasteiger partial charge in [-0.3, -0.25) is 18.6 Å². The average Bonchev–Trinajstić information content (AvgIpc) is 1.57. The summed E-state index contributed by atoms with van der Waals surface area (Å²) in [4.78, 5) is 35.9. The highest BCUT2D eigenvalue weighted by Crippen LogP contribution is 2.43. The van der Waals surface area contributed by atoms with Crippen molar-refractivity contribution >= 4 is 19.8 Å². The number of carbonyl (C=O) groups is 2. The van der Waals surface area contributed by atoms with Crippen molar-refractivity contribution in [2.45, 2.75) is 238 Å². The molecule has 0 aliphatic rings. The molecule has 0 saturated heterocycles. The summed E-state index contributed by atoms with van der Waals surface area (Å²) in [5.41, 5.74) is 0. The van der Waals surface area contributed by atoms with Crippen LogP contribution in [-0.2, 0) is 32.7 Å². The normalized spacial score (nSPS) is 14.5. The topological polar surface area (TPSA) is 108 Å². The summed E-state index contributed by atoms with van der Waals surface area (Å²) in [6.45, 7) is 4.10. The van der Waals surface area contributed by atoms with Gasteiger partial charge in [0.15, 0.2) is 6.10 Å². The number of nitrogens with zero attached hydrogens (tertiary/aromatic N) is 1. The molecule has 0 heterocycles. The number of hydrogen-bond donors (Lipinski definition) is 1. The SMILES string of the molecule is CC/C=C\C/C=C\C/C=C\C/C=C\C/C=C\C/C=C\C/C=C\C/C=C\C/C=C\C/C=C\CCCCCCCCCCCCC(=O)OC(COC(=O)CCC/C=C\C/C=C\C/C=C\C/C=C\C/C=C\C/C=C\C/C=C\C/C=C\C/C=C\CC)COP(=O)(O)OCC[N+](C)(C)C. The molecule has 0 aromatic heterocycles. The molecule has 0 aromatic carbocycles. The highest BCUT2D eigenvalue weighted by Gasteiger charge is 2.27. The van der Waals surface area contributed by atoms with E-state index in [0.717, 1.165) is 154 Å². The Morgan fingerprint density at radius 3 is 0.883 bits per heavy atom. The van der Waals surface area contributed by atoms with Gasteiger partial charge in [-0.25, -0.2) is 4.57 Å². The van der Waals surface area contributed by atoms with E-state index in [-0.39, 0.29) is 26.1 Å². The zero-order valence-electron chi connectivity index (χ0n) is 59.6. The monoisotopic (exact) mass is 1310 g/mol. The van der Waals surface area contributed by atoms with Crippen LogP contribution < -0.4 is 0 Å². The Kier molecular flexibility index (Phi) is 66.9. The number of rotatable bonds is 63. The molecule has 0 aliphatic heterocycles. The van der Waals surface area contributed by atoms with Crippen molar-refractivity contribution in [3.63, 3.8) is 0 Å². The molecule has 0 spiro atoms. The van der Waals surface area contributed by atoms with Crippen LogP contribution in [0.4, 0.5) is 0 Å². The first-order chi connectivity index (χ1) is 46.0. The number of hydrogen-bond acceptors (Lipinski definition) is 7. The molecule has 0 aliphatic carbocycles. The van der Waals surface area contributed by atoms with E-state index >= 15 is 0 Å². The van der Waals surface area contributed by atoms with Gasteiger partial charge in [-0.1, -0.05) is 296 Å². The molecular weight excluding hydrogens is 1180 g/mol. The third-order valence-corrected chi connectivity index (χ3v) is 15.2. The lowest BCUT2D eigenvalue weighted by molar-refractivity contribution is -0.870. The van der Waals surface area contributed by atoms with Crippen LogP contribution in [0.3, 0.4) is 0 Å². The number of unbranched alkanes of at least 4 members (excludes halogenated alkanes) is 11. The summed E-state index contributed by atoms with van der Waals surface area (Å²) >= 11 is 0. The molecule has 0 radical (unpaired) electrons. The summed E-state index contributed by atoms with van der Waals surface area (Å²) < 4.78 is 34.6. The van der Waals surface area contributed by atoms with E-state index in [4.69, 9.17) is 18.5 Å². The number of likely N-dealkylation sites (N-methyl/N-ethyl adjacent to an activating group) is 1. The summed E-state index contributed by atoms with van der Waals surface area (Å²) in [6.07, 6.45) is 116. The summed E-state index contributed by atoms with van der Waals surface area (Å²) in [6, 6.07) is 0. The van der Waals surface area contributed by atoms with Crippen LogP contribution in [0.1, 0.15) is 232 Å². The predicted molar refractivity (Wildman–Crippen MR) is 407 cm³/mol. The minimum absolute atomic E-state index is 0.00879. The lowest BCUT2D eigenvalue weighted by Crippen LogP contribution is -2.37. The van der Waals surface area contributed by atoms with E-state index in [9.17, 15) is 19.0 Å². The average molecular weight is 1310 g/mol. The molecule has 0 rings (SSSR count). The number of ether oxygens (including phenoxy) is 2. The van der Waals surface area contributed by atoms with Crippen LogP contribution >= 0.6 is 7.82 Å². The van der Waals surface area contributed by atoms with Crippen molar-refractivity contribution in [3.8, 4) is 0 Å². The lowest BCUT2D eigenvalue weighted by Gasteiger charge is -2.24. The summed E-state index contributed by atoms with van der Waals surface area (Å²) in [5, 5.41) is 0. The molecule has 94 heavy (non-hydrogen) atoms. The van der Waals surface area contributed by atoms with Gasteiger partial charge in [0.2, 0.25) is 0 Å². The second kappa shape index (κ2) is 71.4. The first kappa shape index (κ1) is 88.1. The fourth-order valence-corrected chi connectivity index (χ4v) is 9.49. The zero-order chi connectivity index (χ0) is 68.3. The zero-order valence-corrected chi connectivity index (χ0v) is 60.5. The van der Waals surface area contributed by atoms with Crippen molar-refractivity contribution in [1.82, 2.24) is 0 Å². The minimum Gasteiger partial charge on any atom is -0.462 e. The van der Waals surface area contributed by atoms with Crippen molar-refractivity contribution in [2.75, 3.05) is 47.5 Å². The molecule has 0 fully saturated rings. The van der Waals surface area contributed by atoms with Gasteiger partial charge in [-0.2, -0.15) is 0 Å². The van der Waals surface area contributed by atoms with Crippen LogP contribution in [0, 0.1) is 0 Å². The predicted octanol–water partition coefficient (Wildman–Crippen LogP) is 24.2. The number of carbonyl (C=O) groups excluding carboxylic acids is 2. The van der Waals surface area contributed by atoms with Crippen LogP contribution in [0.2, 0.25) is 0 Å². The maximum absolute atomic E-state index is 12.9. The van der Waals surface area contributed by atoms with Crippen molar-refractivity contribution in [2.24, 2.45) is 0 Å². The summed E-state index contributed by atoms with van der Waals surface area (Å²) in [5.74, 6) is -0.890. The van der Waals surface area contributed by atoms with Crippen LogP contribution in [0.25, 0.3) is 0 Å². The van der Waals surface area contributed by atoms with Gasteiger partial charge in [-0.15, -0.1) is 0 Å². The molecule has 9 nitrogen and oxygen atoms in total. The summed E-state index contributed by atoms with van der Waals surface area (Å²) in [7, 11) is 1.41. The smallest absolute Gasteiger partial charge is 0.462 e. The van der Waals surface area contributed by atoms with Gasteiger partial charge in [0.05, 0.1) is 27.7 Å². The quantitative estimate of drug-likeness (QED) is 0.0211. The highest BCUT2D eigenvalue weighted by molar-refractivity contribution is 7.47. The molecule has 0 aromatic rings. The number of phosphoric ester groups is 1. The molecule has 0 bridgehead atoms. The largest absolute Gasteiger partial charge is 0.472 e. The van der Waals surface area contributed by atoms with Gasteiger partial charge >= 0.3 is 19.8 Å². The maximum Gasteiger partial charge on any atom is 0.472 e. The molecule has 0 saturated carbocycles. The van der Waals surface area contributed by atoms with Gasteiger partial charge in [0.25, 0.3) is 0 Å². The second-order valence-corrected chi connectivity index (χ2v) is 25.6. The first-order valence-electron chi connectivity index (χ1n) is 36.1. The van der Waals surface area contributed by atoms with Crippen molar-refractivity contribution in [1.29, 1.82) is 0 Å². The highest BCUT2D eigenvalue weighted by atomic mass is 31.2. The van der Waals surface area contributed by atoms with E-state index in [1.165, 1.54) is 38.5 Å². The number of allylic oxidation sites excluding steroid dienone is 38. The van der Waals surface area contributed by atoms with Gasteiger partial charge in [-0.05, 0) is 154 Å². The fourth-order valence-electron chi connectivity index (χ4n) is 8.75. The second-order valence-electron chi connectivity index (χ2n) is 24.2. The van der Waals surface area contributed by atoms with E-state index in [1.54, 1.807) is 0 Å². The standard InChI is InChI=1S/C84H130NO8P/c1-6-8-10-12-14-16-18-20-22-24-26-28-30-32-34-36-37-38-39-40-41-42-43-44-45-46-47-49-51-53-55-57-59-61-63-65-67-69-71-73-75-77-84(87)93-82(81-92-94(88,89)91-79-78-85(3,4)5)80-90-83(86)76-74-72-70-68-66-64-62-60-58-56-54-52-50-48-35-33-31-29-27-25-23-21-19-17-15-13-11-9-7-2/h8-11,14-17,20-23,26-29,32-35,37-38,40-41,43-44,46-47,50-53,56,58,62,64,68,70,82H,6-7,12-13,18-19,24-25,30-31,36,39,42,45,48-49,54-55,57,59-61,63,65-67,69,71-81H2,1-5H3/p+1/b10-8-,11-9-,16-14-,17-15-,22-20-,23-21-,28-26-,29-27-,34-32-,35-33-,38-37-,41-40-,44-43-,47-46-,52-50-,53-51-,58-56-,64-62-,70-68-. The van der Waals surface area contributed by atoms with Crippen LogP contribution in [0.15, 0.2) is 231 Å². The Labute approximate surface area is 575 Å². The fraction of sp³-hybridized carbons (Fsp3) is 0.524.